The molecule has 2 heterocycles. The normalized spacial score (nSPS) is 17.5. The largest absolute Gasteiger partial charge is 0.316 e. The van der Waals surface area contributed by atoms with Crippen LogP contribution in [0.25, 0.3) is 11.3 Å². The Labute approximate surface area is 142 Å². The van der Waals surface area contributed by atoms with Crippen LogP contribution in [0.3, 0.4) is 0 Å². The van der Waals surface area contributed by atoms with Crippen molar-refractivity contribution in [1.29, 1.82) is 5.26 Å². The highest BCUT2D eigenvalue weighted by atomic mass is 16.1. The third kappa shape index (κ3) is 3.27. The van der Waals surface area contributed by atoms with Crippen LogP contribution in [-0.2, 0) is 6.54 Å². The first kappa shape index (κ1) is 16.5. The summed E-state index contributed by atoms with van der Waals surface area (Å²) in [5.74, 6) is 0.427. The van der Waals surface area contributed by atoms with Crippen molar-refractivity contribution >= 4 is 0 Å². The van der Waals surface area contributed by atoms with Crippen LogP contribution in [0.4, 0.5) is 0 Å². The maximum absolute atomic E-state index is 12.7. The summed E-state index contributed by atoms with van der Waals surface area (Å²) in [6.07, 6.45) is 2.25. The molecule has 1 aliphatic heterocycles. The Morgan fingerprint density at radius 3 is 2.75 bits per heavy atom. The molecule has 124 valence electrons. The number of nitrogens with one attached hydrogen (secondary N) is 1. The van der Waals surface area contributed by atoms with Gasteiger partial charge in [0.2, 0.25) is 0 Å². The number of nitriles is 1. The Balaban J connectivity index is 2.07. The highest BCUT2D eigenvalue weighted by Crippen LogP contribution is 2.23. The summed E-state index contributed by atoms with van der Waals surface area (Å²) >= 11 is 0. The molecule has 1 aliphatic rings. The molecule has 1 aromatic heterocycles. The number of aromatic nitrogens is 1. The van der Waals surface area contributed by atoms with E-state index in [1.807, 2.05) is 12.1 Å². The van der Waals surface area contributed by atoms with Gasteiger partial charge in [-0.1, -0.05) is 12.1 Å². The molecule has 1 atom stereocenters. The predicted molar refractivity (Wildman–Crippen MR) is 95.9 cm³/mol. The standard InChI is InChI=1S/C20H23N3O/c1-14-5-6-17(10-15(14)2)19-8-7-18(11-21)20(24)23(19)13-16-4-3-9-22-12-16/h5-8,10,16,22H,3-4,9,12-13H2,1-2H3. The van der Waals surface area contributed by atoms with E-state index in [-0.39, 0.29) is 11.1 Å². The molecular weight excluding hydrogens is 298 g/mol. The number of hydrogen-bond donors (Lipinski definition) is 1. The van der Waals surface area contributed by atoms with E-state index >= 15 is 0 Å². The second-order valence-corrected chi connectivity index (χ2v) is 6.67. The average Bonchev–Trinajstić information content (AvgIpc) is 2.60. The Bertz CT molecular complexity index is 839. The molecule has 4 nitrogen and oxygen atoms in total. The van der Waals surface area contributed by atoms with Crippen LogP contribution in [0, 0.1) is 31.1 Å². The lowest BCUT2D eigenvalue weighted by Crippen LogP contribution is -2.35. The summed E-state index contributed by atoms with van der Waals surface area (Å²) in [5.41, 5.74) is 4.40. The van der Waals surface area contributed by atoms with Crippen LogP contribution in [-0.4, -0.2) is 17.7 Å². The van der Waals surface area contributed by atoms with Crippen molar-refractivity contribution in [3.63, 3.8) is 0 Å². The van der Waals surface area contributed by atoms with Gasteiger partial charge in [-0.25, -0.2) is 0 Å². The van der Waals surface area contributed by atoms with Gasteiger partial charge in [-0.05, 0) is 80.6 Å². The summed E-state index contributed by atoms with van der Waals surface area (Å²) in [6.45, 7) is 6.79. The number of hydrogen-bond acceptors (Lipinski definition) is 3. The van der Waals surface area contributed by atoms with E-state index in [0.717, 1.165) is 37.2 Å². The number of rotatable bonds is 3. The summed E-state index contributed by atoms with van der Waals surface area (Å²) < 4.78 is 1.79. The first-order valence-electron chi connectivity index (χ1n) is 8.52. The molecule has 3 rings (SSSR count). The fraction of sp³-hybridized carbons (Fsp3) is 0.400. The molecule has 1 N–H and O–H groups in total. The van der Waals surface area contributed by atoms with Crippen LogP contribution >= 0.6 is 0 Å². The maximum Gasteiger partial charge on any atom is 0.268 e. The summed E-state index contributed by atoms with van der Waals surface area (Å²) in [6, 6.07) is 11.8. The first-order chi connectivity index (χ1) is 11.6. The van der Waals surface area contributed by atoms with Gasteiger partial charge in [-0.3, -0.25) is 4.79 Å². The molecule has 0 aliphatic carbocycles. The second kappa shape index (κ2) is 7.02. The monoisotopic (exact) mass is 321 g/mol. The first-order valence-corrected chi connectivity index (χ1v) is 8.52. The fourth-order valence-electron chi connectivity index (χ4n) is 3.34. The van der Waals surface area contributed by atoms with Crippen LogP contribution in [0.1, 0.15) is 29.5 Å². The van der Waals surface area contributed by atoms with Gasteiger partial charge in [0.05, 0.1) is 5.69 Å². The molecule has 1 fully saturated rings. The van der Waals surface area contributed by atoms with Crippen molar-refractivity contribution in [1.82, 2.24) is 9.88 Å². The number of aryl methyl sites for hydroxylation is 2. The molecule has 0 spiro atoms. The van der Waals surface area contributed by atoms with E-state index in [4.69, 9.17) is 0 Å². The number of benzene rings is 1. The lowest BCUT2D eigenvalue weighted by atomic mass is 9.98. The quantitative estimate of drug-likeness (QED) is 0.945. The smallest absolute Gasteiger partial charge is 0.268 e. The van der Waals surface area contributed by atoms with Gasteiger partial charge in [0, 0.05) is 6.54 Å². The van der Waals surface area contributed by atoms with E-state index in [2.05, 4.69) is 37.4 Å². The predicted octanol–water partition coefficient (Wildman–Crippen LogP) is 3.00. The average molecular weight is 321 g/mol. The van der Waals surface area contributed by atoms with Crippen LogP contribution in [0.2, 0.25) is 0 Å². The summed E-state index contributed by atoms with van der Waals surface area (Å²) in [7, 11) is 0. The Morgan fingerprint density at radius 2 is 2.08 bits per heavy atom. The molecule has 0 saturated carbocycles. The van der Waals surface area contributed by atoms with Crippen LogP contribution in [0.5, 0.6) is 0 Å². The Hall–Kier alpha value is -2.38. The van der Waals surface area contributed by atoms with Gasteiger partial charge in [-0.2, -0.15) is 5.26 Å². The van der Waals surface area contributed by atoms with Gasteiger partial charge in [-0.15, -0.1) is 0 Å². The number of nitrogens with zero attached hydrogens (tertiary/aromatic N) is 2. The second-order valence-electron chi connectivity index (χ2n) is 6.67. The zero-order chi connectivity index (χ0) is 17.1. The zero-order valence-electron chi connectivity index (χ0n) is 14.3. The SMILES string of the molecule is Cc1ccc(-c2ccc(C#N)c(=O)n2CC2CCCNC2)cc1C. The molecule has 1 unspecified atom stereocenters. The van der Waals surface area contributed by atoms with Crippen molar-refractivity contribution in [3.05, 3.63) is 57.4 Å². The van der Waals surface area contributed by atoms with Crippen molar-refractivity contribution < 1.29 is 0 Å². The summed E-state index contributed by atoms with van der Waals surface area (Å²) in [4.78, 5) is 12.7. The highest BCUT2D eigenvalue weighted by molar-refractivity contribution is 5.62. The minimum absolute atomic E-state index is 0.182. The lowest BCUT2D eigenvalue weighted by molar-refractivity contribution is 0.335. The molecular formula is C20H23N3O. The zero-order valence-corrected chi connectivity index (χ0v) is 14.3. The van der Waals surface area contributed by atoms with E-state index < -0.39 is 0 Å². The molecule has 1 saturated heterocycles. The van der Waals surface area contributed by atoms with Gasteiger partial charge < -0.3 is 9.88 Å². The van der Waals surface area contributed by atoms with Crippen molar-refractivity contribution in [3.8, 4) is 17.3 Å². The minimum Gasteiger partial charge on any atom is -0.316 e. The van der Waals surface area contributed by atoms with Crippen molar-refractivity contribution in [2.75, 3.05) is 13.1 Å². The third-order valence-corrected chi connectivity index (χ3v) is 4.94. The lowest BCUT2D eigenvalue weighted by Gasteiger charge is -2.25. The molecule has 0 bridgehead atoms. The van der Waals surface area contributed by atoms with Gasteiger partial charge in [0.1, 0.15) is 11.6 Å². The van der Waals surface area contributed by atoms with Crippen molar-refractivity contribution in [2.45, 2.75) is 33.2 Å². The molecule has 0 amide bonds. The van der Waals surface area contributed by atoms with Gasteiger partial charge >= 0.3 is 0 Å². The molecule has 24 heavy (non-hydrogen) atoms. The topological polar surface area (TPSA) is 57.8 Å². The van der Waals surface area contributed by atoms with Crippen molar-refractivity contribution in [2.24, 2.45) is 5.92 Å². The Morgan fingerprint density at radius 1 is 1.25 bits per heavy atom. The Kier molecular flexibility index (Phi) is 4.82. The minimum atomic E-state index is -0.182. The van der Waals surface area contributed by atoms with Crippen LogP contribution < -0.4 is 10.9 Å². The molecule has 1 aromatic carbocycles. The van der Waals surface area contributed by atoms with E-state index in [1.165, 1.54) is 11.1 Å². The molecule has 2 aromatic rings. The fourth-order valence-corrected chi connectivity index (χ4v) is 3.34. The molecule has 4 heteroatoms. The van der Waals surface area contributed by atoms with E-state index in [9.17, 15) is 10.1 Å². The number of piperidine rings is 1. The van der Waals surface area contributed by atoms with Gasteiger partial charge in [0.25, 0.3) is 5.56 Å². The van der Waals surface area contributed by atoms with Gasteiger partial charge in [0.15, 0.2) is 0 Å². The third-order valence-electron chi connectivity index (χ3n) is 4.94. The van der Waals surface area contributed by atoms with Crippen LogP contribution in [0.15, 0.2) is 35.1 Å². The maximum atomic E-state index is 12.7. The summed E-state index contributed by atoms with van der Waals surface area (Å²) in [5, 5.41) is 12.6. The number of pyridine rings is 1. The highest BCUT2D eigenvalue weighted by Gasteiger charge is 2.18. The van der Waals surface area contributed by atoms with E-state index in [0.29, 0.717) is 12.5 Å². The van der Waals surface area contributed by atoms with E-state index in [1.54, 1.807) is 10.6 Å². The molecule has 0 radical (unpaired) electrons.